The van der Waals surface area contributed by atoms with Gasteiger partial charge in [0.15, 0.2) is 5.75 Å². The number of aromatic nitrogens is 2. The van der Waals surface area contributed by atoms with Gasteiger partial charge >= 0.3 is 5.69 Å². The van der Waals surface area contributed by atoms with Gasteiger partial charge in [-0.3, -0.25) is 9.36 Å². The Morgan fingerprint density at radius 1 is 1.21 bits per heavy atom. The SMILES string of the molecule is [C-]#[N+]C[C@H]1CN(c2nc(=O)n3c4c(c(-c5ccc(F)cc5F)c(Cl)cc24)OCC3CCCN2CCC2)CCN1C(=O)C=C. The lowest BCUT2D eigenvalue weighted by Crippen LogP contribution is -2.56. The second-order valence-corrected chi connectivity index (χ2v) is 11.6. The van der Waals surface area contributed by atoms with Crippen molar-refractivity contribution in [2.24, 2.45) is 0 Å². The number of benzene rings is 2. The molecule has 0 radical (unpaired) electrons. The average Bonchev–Trinajstić information content (AvgIpc) is 2.96. The van der Waals surface area contributed by atoms with E-state index in [1.54, 1.807) is 15.5 Å². The lowest BCUT2D eigenvalue weighted by Gasteiger charge is -2.40. The number of carbonyl (C=O) groups is 1. The Morgan fingerprint density at radius 3 is 2.72 bits per heavy atom. The Bertz CT molecular complexity index is 1700. The van der Waals surface area contributed by atoms with Gasteiger partial charge < -0.3 is 24.3 Å². The second-order valence-electron chi connectivity index (χ2n) is 11.1. The van der Waals surface area contributed by atoms with Gasteiger partial charge in [-0.2, -0.15) is 4.98 Å². The molecule has 1 unspecified atom stereocenters. The van der Waals surface area contributed by atoms with Crippen molar-refractivity contribution in [3.63, 3.8) is 0 Å². The molecule has 2 saturated heterocycles. The zero-order valence-corrected chi connectivity index (χ0v) is 24.3. The molecule has 2 atom stereocenters. The molecule has 2 aromatic carbocycles. The summed E-state index contributed by atoms with van der Waals surface area (Å²) in [5.74, 6) is -1.18. The number of halogens is 3. The molecule has 3 aliphatic rings. The summed E-state index contributed by atoms with van der Waals surface area (Å²) in [5.41, 5.74) is 0.277. The molecule has 0 saturated carbocycles. The lowest BCUT2D eigenvalue weighted by atomic mass is 9.98. The highest BCUT2D eigenvalue weighted by Gasteiger charge is 2.36. The number of carbonyl (C=O) groups excluding carboxylic acids is 1. The summed E-state index contributed by atoms with van der Waals surface area (Å²) >= 11 is 6.82. The summed E-state index contributed by atoms with van der Waals surface area (Å²) in [4.78, 5) is 40.2. The largest absolute Gasteiger partial charge is 0.488 e. The van der Waals surface area contributed by atoms with Crippen LogP contribution in [0.4, 0.5) is 14.6 Å². The quantitative estimate of drug-likeness (QED) is 0.276. The van der Waals surface area contributed by atoms with E-state index in [4.69, 9.17) is 22.9 Å². The first kappa shape index (κ1) is 29.1. The molecule has 6 rings (SSSR count). The van der Waals surface area contributed by atoms with Gasteiger partial charge in [-0.25, -0.2) is 20.1 Å². The van der Waals surface area contributed by atoms with Gasteiger partial charge in [0.2, 0.25) is 12.5 Å². The molecule has 9 nitrogen and oxygen atoms in total. The number of hydrogen-bond donors (Lipinski definition) is 0. The maximum atomic E-state index is 15.1. The van der Waals surface area contributed by atoms with Crippen LogP contribution in [0.1, 0.15) is 25.3 Å². The number of piperazine rings is 1. The lowest BCUT2D eigenvalue weighted by molar-refractivity contribution is -0.128. The monoisotopic (exact) mass is 608 g/mol. The number of anilines is 1. The third-order valence-electron chi connectivity index (χ3n) is 8.58. The molecule has 0 N–H and O–H groups in total. The van der Waals surface area contributed by atoms with Crippen molar-refractivity contribution in [2.45, 2.75) is 31.3 Å². The Labute approximate surface area is 252 Å². The first-order chi connectivity index (χ1) is 20.8. The fraction of sp³-hybridized carbons (Fsp3) is 0.419. The van der Waals surface area contributed by atoms with Gasteiger partial charge in [0.25, 0.3) is 0 Å². The zero-order valence-electron chi connectivity index (χ0n) is 23.6. The van der Waals surface area contributed by atoms with Crippen LogP contribution in [0.2, 0.25) is 5.02 Å². The smallest absolute Gasteiger partial charge is 0.350 e. The van der Waals surface area contributed by atoms with Crippen LogP contribution < -0.4 is 15.3 Å². The topological polar surface area (TPSA) is 75.3 Å². The number of amides is 1. The Hall–Kier alpha value is -4.01. The van der Waals surface area contributed by atoms with E-state index in [0.29, 0.717) is 36.2 Å². The Morgan fingerprint density at radius 2 is 2.02 bits per heavy atom. The maximum Gasteiger partial charge on any atom is 0.350 e. The minimum Gasteiger partial charge on any atom is -0.488 e. The van der Waals surface area contributed by atoms with Crippen LogP contribution in [0.25, 0.3) is 26.9 Å². The molecular weight excluding hydrogens is 578 g/mol. The summed E-state index contributed by atoms with van der Waals surface area (Å²) in [5, 5.41) is 0.707. The van der Waals surface area contributed by atoms with Crippen molar-refractivity contribution < 1.29 is 18.3 Å². The van der Waals surface area contributed by atoms with Crippen molar-refractivity contribution in [3.05, 3.63) is 75.5 Å². The van der Waals surface area contributed by atoms with E-state index in [1.807, 2.05) is 4.90 Å². The van der Waals surface area contributed by atoms with Crippen LogP contribution in [-0.4, -0.2) is 83.7 Å². The van der Waals surface area contributed by atoms with Gasteiger partial charge in [-0.1, -0.05) is 18.2 Å². The highest BCUT2D eigenvalue weighted by Crippen LogP contribution is 2.47. The Balaban J connectivity index is 1.48. The standard InChI is InChI=1S/C31H31ClF2N6O3/c1-3-26(41)39-13-12-38(17-21(39)16-35-2)30-23-15-24(32)27(22-8-7-19(33)14-25(22)34)29-28(23)40(31(42)36-30)20(18-43-29)6-4-9-37-10-5-11-37/h3,7-8,14-15,20-21H,1,4-6,9-13,16-18H2/t20?,21-/m0/s1. The van der Waals surface area contributed by atoms with E-state index in [1.165, 1.54) is 18.6 Å². The molecule has 0 bridgehead atoms. The molecule has 4 heterocycles. The molecule has 224 valence electrons. The van der Waals surface area contributed by atoms with Gasteiger partial charge in [-0.15, -0.1) is 0 Å². The fourth-order valence-electron chi connectivity index (χ4n) is 6.33. The average molecular weight is 609 g/mol. The molecule has 0 aliphatic carbocycles. The molecule has 43 heavy (non-hydrogen) atoms. The zero-order chi connectivity index (χ0) is 30.2. The van der Waals surface area contributed by atoms with E-state index < -0.39 is 23.4 Å². The third kappa shape index (κ3) is 5.34. The van der Waals surface area contributed by atoms with Crippen LogP contribution in [0.15, 0.2) is 41.7 Å². The number of hydrogen-bond acceptors (Lipinski definition) is 6. The summed E-state index contributed by atoms with van der Waals surface area (Å²) in [6, 6.07) is 4.17. The van der Waals surface area contributed by atoms with Crippen LogP contribution in [0, 0.1) is 18.2 Å². The van der Waals surface area contributed by atoms with Gasteiger partial charge in [0.1, 0.15) is 30.1 Å². The minimum atomic E-state index is -0.800. The number of nitrogens with zero attached hydrogens (tertiary/aromatic N) is 6. The Kier molecular flexibility index (Phi) is 8.07. The molecule has 3 aliphatic heterocycles. The number of ether oxygens (including phenoxy) is 1. The van der Waals surface area contributed by atoms with Crippen LogP contribution in [-0.2, 0) is 4.79 Å². The highest BCUT2D eigenvalue weighted by atomic mass is 35.5. The fourth-order valence-corrected chi connectivity index (χ4v) is 6.63. The minimum absolute atomic E-state index is 0.0607. The normalized spacial score (nSPS) is 20.0. The van der Waals surface area contributed by atoms with Crippen molar-refractivity contribution in [1.29, 1.82) is 0 Å². The van der Waals surface area contributed by atoms with Crippen LogP contribution in [0.5, 0.6) is 5.75 Å². The van der Waals surface area contributed by atoms with Crippen molar-refractivity contribution in [2.75, 3.05) is 57.3 Å². The van der Waals surface area contributed by atoms with Crippen molar-refractivity contribution in [3.8, 4) is 16.9 Å². The predicted octanol–water partition coefficient (Wildman–Crippen LogP) is 4.54. The van der Waals surface area contributed by atoms with Gasteiger partial charge in [0.05, 0.1) is 16.6 Å². The maximum absolute atomic E-state index is 15.1. The van der Waals surface area contributed by atoms with E-state index in [2.05, 4.69) is 21.3 Å². The molecule has 0 spiro atoms. The third-order valence-corrected chi connectivity index (χ3v) is 8.88. The molecule has 12 heteroatoms. The highest BCUT2D eigenvalue weighted by molar-refractivity contribution is 6.35. The van der Waals surface area contributed by atoms with Gasteiger partial charge in [-0.05, 0) is 63.2 Å². The van der Waals surface area contributed by atoms with Crippen molar-refractivity contribution >= 4 is 34.2 Å². The molecule has 1 aromatic heterocycles. The van der Waals surface area contributed by atoms with E-state index >= 15 is 4.39 Å². The molecular formula is C31H31ClF2N6O3. The summed E-state index contributed by atoms with van der Waals surface area (Å²) in [7, 11) is 0. The molecule has 1 amide bonds. The predicted molar refractivity (Wildman–Crippen MR) is 161 cm³/mol. The van der Waals surface area contributed by atoms with Crippen LogP contribution in [0.3, 0.4) is 0 Å². The van der Waals surface area contributed by atoms with E-state index in [9.17, 15) is 14.0 Å². The second kappa shape index (κ2) is 11.9. The van der Waals surface area contributed by atoms with Crippen LogP contribution >= 0.6 is 11.6 Å². The molecule has 2 fully saturated rings. The van der Waals surface area contributed by atoms with E-state index in [-0.39, 0.29) is 53.5 Å². The first-order valence-corrected chi connectivity index (χ1v) is 14.8. The number of rotatable bonds is 8. The van der Waals surface area contributed by atoms with Crippen molar-refractivity contribution in [1.82, 2.24) is 19.4 Å². The van der Waals surface area contributed by atoms with Gasteiger partial charge in [0, 0.05) is 42.2 Å². The number of likely N-dealkylation sites (tertiary alicyclic amines) is 1. The first-order valence-electron chi connectivity index (χ1n) is 14.4. The summed E-state index contributed by atoms with van der Waals surface area (Å²) in [6.45, 7) is 15.3. The molecule has 3 aromatic rings. The summed E-state index contributed by atoms with van der Waals surface area (Å²) in [6.07, 6.45) is 3.98. The van der Waals surface area contributed by atoms with E-state index in [0.717, 1.165) is 38.2 Å². The summed E-state index contributed by atoms with van der Waals surface area (Å²) < 4.78 is 36.8.